The summed E-state index contributed by atoms with van der Waals surface area (Å²) in [6, 6.07) is 1.37. The van der Waals surface area contributed by atoms with Crippen LogP contribution < -0.4 is 4.74 Å². The summed E-state index contributed by atoms with van der Waals surface area (Å²) in [7, 11) is 1.33. The van der Waals surface area contributed by atoms with Crippen LogP contribution >= 0.6 is 0 Å². The number of esters is 3. The largest absolute Gasteiger partial charge is 0.508 e. The Morgan fingerprint density at radius 1 is 1.21 bits per heavy atom. The summed E-state index contributed by atoms with van der Waals surface area (Å²) in [5.74, 6) is -2.54. The molecule has 8 nitrogen and oxygen atoms in total. The number of phenols is 1. The lowest BCUT2D eigenvalue weighted by Gasteiger charge is -2.34. The highest BCUT2D eigenvalue weighted by Crippen LogP contribution is 2.41. The normalized spacial score (nSPS) is 15.1. The molecule has 0 atom stereocenters. The van der Waals surface area contributed by atoms with Gasteiger partial charge in [0.15, 0.2) is 0 Å². The molecule has 0 aromatic heterocycles. The van der Waals surface area contributed by atoms with Crippen LogP contribution in [-0.4, -0.2) is 35.9 Å². The van der Waals surface area contributed by atoms with Crippen LogP contribution in [0, 0.1) is 0 Å². The first kappa shape index (κ1) is 22.3. The first-order chi connectivity index (χ1) is 13.5. The Balaban J connectivity index is 2.40. The highest BCUT2D eigenvalue weighted by Gasteiger charge is 2.38. The molecule has 1 heterocycles. The van der Waals surface area contributed by atoms with Crippen LogP contribution in [0.4, 0.5) is 0 Å². The van der Waals surface area contributed by atoms with Gasteiger partial charge in [-0.2, -0.15) is 0 Å². The van der Waals surface area contributed by atoms with E-state index in [2.05, 4.69) is 4.74 Å². The number of methoxy groups -OCH3 is 1. The quantitative estimate of drug-likeness (QED) is 0.418. The van der Waals surface area contributed by atoms with Gasteiger partial charge in [0, 0.05) is 38.3 Å². The van der Waals surface area contributed by atoms with E-state index in [1.807, 2.05) is 13.0 Å². The van der Waals surface area contributed by atoms with E-state index < -0.39 is 17.7 Å². The molecule has 1 aromatic rings. The summed E-state index contributed by atoms with van der Waals surface area (Å²) in [5.41, 5.74) is 1.75. The molecule has 0 amide bonds. The minimum Gasteiger partial charge on any atom is -0.508 e. The molecule has 0 fully saturated rings. The smallest absolute Gasteiger partial charge is 0.345 e. The predicted octanol–water partition coefficient (Wildman–Crippen LogP) is 3.18. The summed E-state index contributed by atoms with van der Waals surface area (Å²) in [6.07, 6.45) is 2.88. The van der Waals surface area contributed by atoms with E-state index >= 15 is 0 Å². The van der Waals surface area contributed by atoms with Crippen LogP contribution in [-0.2, 0) is 36.8 Å². The zero-order chi connectivity index (χ0) is 21.8. The molecular weight excluding hydrogens is 380 g/mol. The third kappa shape index (κ3) is 5.73. The SMILES string of the molecule is COC(=O)CCC(C)=CCc1c(O)cc(COC(C)=O)c2c1OC(C)(C)OC2=O. The van der Waals surface area contributed by atoms with Crippen molar-refractivity contribution in [2.24, 2.45) is 0 Å². The fraction of sp³-hybridized carbons (Fsp3) is 0.476. The Kier molecular flexibility index (Phi) is 6.89. The van der Waals surface area contributed by atoms with Gasteiger partial charge in [0.05, 0.1) is 7.11 Å². The fourth-order valence-corrected chi connectivity index (χ4v) is 2.88. The maximum atomic E-state index is 12.6. The van der Waals surface area contributed by atoms with Crippen molar-refractivity contribution < 1.29 is 38.4 Å². The maximum absolute atomic E-state index is 12.6. The number of carbonyl (C=O) groups excluding carboxylic acids is 3. The van der Waals surface area contributed by atoms with Crippen LogP contribution in [0.3, 0.4) is 0 Å². The fourth-order valence-electron chi connectivity index (χ4n) is 2.88. The van der Waals surface area contributed by atoms with Crippen molar-refractivity contribution in [3.63, 3.8) is 0 Å². The van der Waals surface area contributed by atoms with E-state index in [1.54, 1.807) is 13.8 Å². The summed E-state index contributed by atoms with van der Waals surface area (Å²) in [6.45, 7) is 6.09. The molecule has 0 saturated heterocycles. The molecule has 0 saturated carbocycles. The van der Waals surface area contributed by atoms with Crippen LogP contribution in [0.25, 0.3) is 0 Å². The second-order valence-corrected chi connectivity index (χ2v) is 7.24. The van der Waals surface area contributed by atoms with E-state index in [0.29, 0.717) is 17.5 Å². The van der Waals surface area contributed by atoms with Gasteiger partial charge < -0.3 is 24.1 Å². The van der Waals surface area contributed by atoms with E-state index in [4.69, 9.17) is 14.2 Å². The Labute approximate surface area is 169 Å². The summed E-state index contributed by atoms with van der Waals surface area (Å²) >= 11 is 0. The monoisotopic (exact) mass is 406 g/mol. The average molecular weight is 406 g/mol. The zero-order valence-corrected chi connectivity index (χ0v) is 17.3. The number of allylic oxidation sites excluding steroid dienone is 2. The van der Waals surface area contributed by atoms with Gasteiger partial charge in [-0.15, -0.1) is 0 Å². The van der Waals surface area contributed by atoms with Crippen molar-refractivity contribution in [2.45, 2.75) is 59.4 Å². The van der Waals surface area contributed by atoms with E-state index in [9.17, 15) is 19.5 Å². The first-order valence-electron chi connectivity index (χ1n) is 9.20. The minimum absolute atomic E-state index is 0.0894. The minimum atomic E-state index is -1.21. The van der Waals surface area contributed by atoms with Crippen LogP contribution in [0.15, 0.2) is 17.7 Å². The molecule has 1 aliphatic rings. The standard InChI is InChI=1S/C21H26O8/c1-12(7-9-17(24)26-5)6-8-15-16(23)10-14(11-27-13(2)22)18-19(15)28-21(3,4)29-20(18)25/h6,10,23H,7-9,11H2,1-5H3. The Morgan fingerprint density at radius 2 is 1.90 bits per heavy atom. The third-order valence-corrected chi connectivity index (χ3v) is 4.37. The molecule has 0 spiro atoms. The Bertz CT molecular complexity index is 851. The number of carbonyl (C=O) groups is 3. The van der Waals surface area contributed by atoms with Gasteiger partial charge >= 0.3 is 17.9 Å². The number of rotatable bonds is 7. The zero-order valence-electron chi connectivity index (χ0n) is 17.3. The molecule has 29 heavy (non-hydrogen) atoms. The molecule has 0 radical (unpaired) electrons. The second-order valence-electron chi connectivity index (χ2n) is 7.24. The predicted molar refractivity (Wildman–Crippen MR) is 102 cm³/mol. The van der Waals surface area contributed by atoms with Crippen LogP contribution in [0.5, 0.6) is 11.5 Å². The molecular formula is C21H26O8. The van der Waals surface area contributed by atoms with Gasteiger partial charge in [0.2, 0.25) is 5.79 Å². The number of benzene rings is 1. The number of hydrogen-bond acceptors (Lipinski definition) is 8. The van der Waals surface area contributed by atoms with E-state index in [1.165, 1.54) is 20.1 Å². The van der Waals surface area contributed by atoms with Gasteiger partial charge in [0.1, 0.15) is 23.7 Å². The van der Waals surface area contributed by atoms with E-state index in [-0.39, 0.29) is 42.5 Å². The lowest BCUT2D eigenvalue weighted by atomic mass is 9.97. The van der Waals surface area contributed by atoms with Crippen molar-refractivity contribution in [1.29, 1.82) is 0 Å². The van der Waals surface area contributed by atoms with Crippen LogP contribution in [0.1, 0.15) is 62.0 Å². The molecule has 8 heteroatoms. The van der Waals surface area contributed by atoms with Gasteiger partial charge in [-0.05, 0) is 25.8 Å². The topological polar surface area (TPSA) is 108 Å². The number of ether oxygens (including phenoxy) is 4. The number of hydrogen-bond donors (Lipinski definition) is 1. The number of fused-ring (bicyclic) bond motifs is 1. The lowest BCUT2D eigenvalue weighted by Crippen LogP contribution is -2.40. The summed E-state index contributed by atoms with van der Waals surface area (Å²) < 4.78 is 20.8. The van der Waals surface area contributed by atoms with Crippen molar-refractivity contribution in [3.8, 4) is 11.5 Å². The van der Waals surface area contributed by atoms with E-state index in [0.717, 1.165) is 5.57 Å². The Hall–Kier alpha value is -3.03. The van der Waals surface area contributed by atoms with Crippen LogP contribution in [0.2, 0.25) is 0 Å². The number of aromatic hydroxyl groups is 1. The molecule has 158 valence electrons. The molecule has 2 rings (SSSR count). The lowest BCUT2D eigenvalue weighted by molar-refractivity contribution is -0.143. The summed E-state index contributed by atoms with van der Waals surface area (Å²) in [5, 5.41) is 10.6. The third-order valence-electron chi connectivity index (χ3n) is 4.37. The van der Waals surface area contributed by atoms with Gasteiger partial charge in [-0.1, -0.05) is 11.6 Å². The highest BCUT2D eigenvalue weighted by atomic mass is 16.7. The molecule has 0 bridgehead atoms. The molecule has 1 aromatic carbocycles. The first-order valence-corrected chi connectivity index (χ1v) is 9.20. The van der Waals surface area contributed by atoms with Crippen molar-refractivity contribution in [3.05, 3.63) is 34.4 Å². The van der Waals surface area contributed by atoms with Crippen molar-refractivity contribution in [1.82, 2.24) is 0 Å². The average Bonchev–Trinajstić information content (AvgIpc) is 2.62. The molecule has 1 aliphatic heterocycles. The Morgan fingerprint density at radius 3 is 2.52 bits per heavy atom. The van der Waals surface area contributed by atoms with Gasteiger partial charge in [-0.25, -0.2) is 4.79 Å². The van der Waals surface area contributed by atoms with Crippen molar-refractivity contribution >= 4 is 17.9 Å². The number of phenolic OH excluding ortho intramolecular Hbond substituents is 1. The van der Waals surface area contributed by atoms with Gasteiger partial charge in [-0.3, -0.25) is 9.59 Å². The summed E-state index contributed by atoms with van der Waals surface area (Å²) in [4.78, 5) is 35.0. The second kappa shape index (κ2) is 8.98. The highest BCUT2D eigenvalue weighted by molar-refractivity contribution is 5.96. The maximum Gasteiger partial charge on any atom is 0.345 e. The molecule has 0 unspecified atom stereocenters. The number of cyclic esters (lactones) is 1. The van der Waals surface area contributed by atoms with Gasteiger partial charge in [0.25, 0.3) is 0 Å². The van der Waals surface area contributed by atoms with Crippen molar-refractivity contribution in [2.75, 3.05) is 7.11 Å². The molecule has 1 N–H and O–H groups in total. The molecule has 0 aliphatic carbocycles.